The number of fused-ring (bicyclic) bond motifs is 2. The predicted octanol–water partition coefficient (Wildman–Crippen LogP) is 0.416. The molecule has 0 saturated carbocycles. The van der Waals surface area contributed by atoms with Gasteiger partial charge in [0.1, 0.15) is 20.7 Å². The maximum Gasteiger partial charge on any atom is 1.00 e. The fourth-order valence-electron chi connectivity index (χ4n) is 3.05. The summed E-state index contributed by atoms with van der Waals surface area (Å²) < 4.78 is 71.0. The number of rotatable bonds is 5. The Bertz CT molecular complexity index is 1460. The van der Waals surface area contributed by atoms with Crippen LogP contribution in [0.4, 0.5) is 5.69 Å². The summed E-state index contributed by atoms with van der Waals surface area (Å²) in [7, 11) is -9.29. The number of anilines is 1. The Morgan fingerprint density at radius 1 is 1.00 bits per heavy atom. The molecule has 0 saturated heterocycles. The van der Waals surface area contributed by atoms with Crippen LogP contribution in [0.2, 0.25) is 10.0 Å². The molecular weight excluding hydrogens is 550 g/mol. The van der Waals surface area contributed by atoms with Crippen LogP contribution in [0.15, 0.2) is 46.3 Å². The third-order valence-corrected chi connectivity index (χ3v) is 8.05. The van der Waals surface area contributed by atoms with Gasteiger partial charge in [-0.05, 0) is 30.3 Å². The van der Waals surface area contributed by atoms with Gasteiger partial charge in [-0.15, -0.1) is 0 Å². The normalized spacial score (nSPS) is 15.2. The Balaban J connectivity index is 0.00000289. The summed E-state index contributed by atoms with van der Waals surface area (Å²) in [6.45, 7) is 0. The SMILES string of the molecule is O=S(=O)([O-])CN1C(=Cc2sc3ccc(Cl)cc3[n+]2CS(=O)(=O)[O-])Sc2ccc(Cl)cc21.[Na+]. The van der Waals surface area contributed by atoms with Crippen LogP contribution >= 0.6 is 46.3 Å². The van der Waals surface area contributed by atoms with Gasteiger partial charge in [0.05, 0.1) is 16.8 Å². The van der Waals surface area contributed by atoms with Crippen molar-refractivity contribution in [2.24, 2.45) is 0 Å². The molecule has 0 fully saturated rings. The van der Waals surface area contributed by atoms with Crippen LogP contribution in [0.1, 0.15) is 5.01 Å². The quantitative estimate of drug-likeness (QED) is 0.250. The van der Waals surface area contributed by atoms with Crippen molar-refractivity contribution in [3.63, 3.8) is 0 Å². The zero-order valence-electron chi connectivity index (χ0n) is 16.2. The molecular formula is C17H11Cl2N2NaO6S4. The van der Waals surface area contributed by atoms with Crippen LogP contribution in [0.3, 0.4) is 0 Å². The van der Waals surface area contributed by atoms with Gasteiger partial charge in [0.15, 0.2) is 10.1 Å². The number of thioether (sulfide) groups is 1. The minimum Gasteiger partial charge on any atom is -0.747 e. The van der Waals surface area contributed by atoms with E-state index in [0.29, 0.717) is 40.9 Å². The summed E-state index contributed by atoms with van der Waals surface area (Å²) >= 11 is 14.5. The van der Waals surface area contributed by atoms with Crippen molar-refractivity contribution in [1.82, 2.24) is 0 Å². The molecule has 4 rings (SSSR count). The first-order valence-electron chi connectivity index (χ1n) is 8.35. The Hall–Kier alpha value is -0.380. The van der Waals surface area contributed by atoms with Crippen molar-refractivity contribution >= 4 is 88.5 Å². The van der Waals surface area contributed by atoms with Crippen molar-refractivity contribution in [1.29, 1.82) is 0 Å². The fraction of sp³-hybridized carbons (Fsp3) is 0.118. The van der Waals surface area contributed by atoms with Gasteiger partial charge >= 0.3 is 29.6 Å². The molecule has 0 bridgehead atoms. The zero-order chi connectivity index (χ0) is 22.6. The third-order valence-electron chi connectivity index (χ3n) is 4.21. The second-order valence-electron chi connectivity index (χ2n) is 6.48. The van der Waals surface area contributed by atoms with Crippen LogP contribution in [-0.2, 0) is 26.1 Å². The van der Waals surface area contributed by atoms with Gasteiger partial charge in [-0.25, -0.2) is 16.8 Å². The van der Waals surface area contributed by atoms with Gasteiger partial charge in [0.25, 0.3) is 5.01 Å². The van der Waals surface area contributed by atoms with Crippen LogP contribution in [0, 0.1) is 0 Å². The van der Waals surface area contributed by atoms with Crippen LogP contribution < -0.4 is 39.0 Å². The second kappa shape index (κ2) is 9.70. The first-order chi connectivity index (χ1) is 14.4. The molecule has 1 aliphatic heterocycles. The summed E-state index contributed by atoms with van der Waals surface area (Å²) in [5.41, 5.74) is 0.880. The Labute approximate surface area is 224 Å². The van der Waals surface area contributed by atoms with Crippen molar-refractivity contribution in [3.05, 3.63) is 56.5 Å². The molecule has 0 N–H and O–H groups in total. The van der Waals surface area contributed by atoms with E-state index in [-0.39, 0.29) is 29.6 Å². The largest absolute Gasteiger partial charge is 1.00 e. The van der Waals surface area contributed by atoms with Gasteiger partial charge in [0.2, 0.25) is 11.4 Å². The van der Waals surface area contributed by atoms with E-state index in [1.54, 1.807) is 24.3 Å². The minimum absolute atomic E-state index is 0. The monoisotopic (exact) mass is 560 g/mol. The molecule has 3 aromatic rings. The van der Waals surface area contributed by atoms with E-state index >= 15 is 0 Å². The zero-order valence-corrected chi connectivity index (χ0v) is 23.0. The standard InChI is InChI=1S/C17H12Cl2N2O6S4.Na/c18-10-1-3-14-12(5-10)20(8-30(22,23)24)16(28-14)7-17-21(9-31(25,26)27)13-6-11(19)2-4-15(13)29-17;/h1-7H,8-9H2,(H-,22,23,24,25,26,27);/q;+1/p-1. The topological polar surface area (TPSA) is 122 Å². The van der Waals surface area contributed by atoms with E-state index < -0.39 is 32.0 Å². The van der Waals surface area contributed by atoms with Crippen LogP contribution in [0.25, 0.3) is 16.3 Å². The van der Waals surface area contributed by atoms with Crippen molar-refractivity contribution in [2.75, 3.05) is 10.8 Å². The summed E-state index contributed by atoms with van der Waals surface area (Å²) in [5, 5.41) is 1.45. The molecule has 32 heavy (non-hydrogen) atoms. The van der Waals surface area contributed by atoms with Crippen molar-refractivity contribution in [3.8, 4) is 0 Å². The van der Waals surface area contributed by atoms with E-state index in [1.807, 2.05) is 0 Å². The van der Waals surface area contributed by atoms with Crippen LogP contribution in [-0.4, -0.2) is 31.8 Å². The Kier molecular flexibility index (Phi) is 7.95. The van der Waals surface area contributed by atoms with E-state index in [2.05, 4.69) is 0 Å². The number of hydrogen-bond donors (Lipinski definition) is 0. The molecule has 0 unspecified atom stereocenters. The molecule has 2 aromatic carbocycles. The summed E-state index contributed by atoms with van der Waals surface area (Å²) in [6, 6.07) is 9.72. The maximum absolute atomic E-state index is 11.5. The predicted molar refractivity (Wildman–Crippen MR) is 119 cm³/mol. The molecule has 0 spiro atoms. The summed E-state index contributed by atoms with van der Waals surface area (Å²) in [4.78, 5) is 1.97. The van der Waals surface area contributed by atoms with Crippen molar-refractivity contribution in [2.45, 2.75) is 10.8 Å². The van der Waals surface area contributed by atoms with E-state index in [4.69, 9.17) is 23.2 Å². The Morgan fingerprint density at radius 2 is 1.66 bits per heavy atom. The van der Waals surface area contributed by atoms with Gasteiger partial charge < -0.3 is 14.0 Å². The molecule has 0 aliphatic carbocycles. The maximum atomic E-state index is 11.5. The van der Waals surface area contributed by atoms with Crippen molar-refractivity contribution < 1.29 is 60.1 Å². The first kappa shape index (κ1) is 26.2. The molecule has 164 valence electrons. The van der Waals surface area contributed by atoms with E-state index in [1.165, 1.54) is 50.8 Å². The van der Waals surface area contributed by atoms with Crippen LogP contribution in [0.5, 0.6) is 0 Å². The number of thiazole rings is 1. The summed E-state index contributed by atoms with van der Waals surface area (Å²) in [6.07, 6.45) is 1.54. The number of hydrogen-bond acceptors (Lipinski definition) is 9. The molecule has 0 atom stereocenters. The second-order valence-corrected chi connectivity index (χ2v) is 12.2. The Morgan fingerprint density at radius 3 is 2.31 bits per heavy atom. The fourth-order valence-corrected chi connectivity index (χ4v) is 6.97. The first-order valence-corrected chi connectivity index (χ1v) is 13.9. The van der Waals surface area contributed by atoms with Gasteiger partial charge in [-0.1, -0.05) is 46.3 Å². The average molecular weight is 561 g/mol. The molecule has 8 nitrogen and oxygen atoms in total. The third kappa shape index (κ3) is 5.99. The number of nitrogens with zero attached hydrogens (tertiary/aromatic N) is 2. The molecule has 1 aromatic heterocycles. The van der Waals surface area contributed by atoms with E-state index in [9.17, 15) is 25.9 Å². The molecule has 1 aliphatic rings. The summed E-state index contributed by atoms with van der Waals surface area (Å²) in [5.74, 6) is -1.68. The van der Waals surface area contributed by atoms with Gasteiger partial charge in [0, 0.05) is 21.0 Å². The molecule has 0 amide bonds. The van der Waals surface area contributed by atoms with Gasteiger partial charge in [-0.3, -0.25) is 0 Å². The smallest absolute Gasteiger partial charge is 0.747 e. The molecule has 0 radical (unpaired) electrons. The number of halogens is 2. The molecule has 2 heterocycles. The minimum atomic E-state index is -4.65. The van der Waals surface area contributed by atoms with E-state index in [0.717, 1.165) is 0 Å². The molecule has 15 heteroatoms. The van der Waals surface area contributed by atoms with Gasteiger partial charge in [-0.2, -0.15) is 4.57 Å². The number of aromatic nitrogens is 1. The average Bonchev–Trinajstić information content (AvgIpc) is 3.11. The number of benzene rings is 2.